The number of carbonyl (C=O) groups is 3. The molecule has 0 saturated heterocycles. The summed E-state index contributed by atoms with van der Waals surface area (Å²) in [7, 11) is 2.48. The summed E-state index contributed by atoms with van der Waals surface area (Å²) in [6, 6.07) is 14.1. The first-order chi connectivity index (χ1) is 16.5. The van der Waals surface area contributed by atoms with Crippen LogP contribution in [0.3, 0.4) is 0 Å². The number of carbonyl (C=O) groups excluding carboxylic acids is 3. The topological polar surface area (TPSA) is 112 Å². The molecule has 0 saturated carbocycles. The van der Waals surface area contributed by atoms with E-state index in [9.17, 15) is 14.4 Å². The van der Waals surface area contributed by atoms with E-state index in [1.165, 1.54) is 44.2 Å². The molecule has 0 fully saturated rings. The van der Waals surface area contributed by atoms with Crippen molar-refractivity contribution in [3.05, 3.63) is 83.7 Å². The molecule has 3 rings (SSSR count). The summed E-state index contributed by atoms with van der Waals surface area (Å²) in [5.74, 6) is -0.868. The molecule has 0 aliphatic carbocycles. The molecule has 34 heavy (non-hydrogen) atoms. The molecule has 1 heterocycles. The molecule has 0 aliphatic heterocycles. The largest absolute Gasteiger partial charge is 0.465 e. The normalized spacial score (nSPS) is 10.4. The number of methoxy groups -OCH3 is 2. The van der Waals surface area contributed by atoms with Gasteiger partial charge in [0.05, 0.1) is 36.8 Å². The predicted octanol–water partition coefficient (Wildman–Crippen LogP) is 3.36. The highest BCUT2D eigenvalue weighted by atomic mass is 32.2. The molecule has 1 N–H and O–H groups in total. The van der Waals surface area contributed by atoms with Crippen LogP contribution in [-0.4, -0.2) is 52.6 Å². The molecule has 10 heteroatoms. The Balaban J connectivity index is 1.74. The van der Waals surface area contributed by atoms with Crippen molar-refractivity contribution in [1.82, 2.24) is 14.8 Å². The number of benzene rings is 2. The molecule has 1 aromatic heterocycles. The van der Waals surface area contributed by atoms with Crippen molar-refractivity contribution < 1.29 is 23.9 Å². The van der Waals surface area contributed by atoms with E-state index < -0.39 is 17.8 Å². The maximum Gasteiger partial charge on any atom is 0.339 e. The summed E-state index contributed by atoms with van der Waals surface area (Å²) in [5.41, 5.74) is 1.55. The standard InChI is InChI=1S/C24H24N4O5S/c1-4-12-28-20(13-16-8-6-5-7-9-16)26-27-24(28)34-15-21(29)25-19-14-17(22(30)32-2)10-11-18(19)23(31)33-3/h4-11,14H,1,12-13,15H2,2-3H3,(H,25,29). The second-order valence-electron chi connectivity index (χ2n) is 7.04. The number of hydrogen-bond donors (Lipinski definition) is 1. The minimum Gasteiger partial charge on any atom is -0.465 e. The summed E-state index contributed by atoms with van der Waals surface area (Å²) in [5, 5.41) is 11.7. The van der Waals surface area contributed by atoms with E-state index >= 15 is 0 Å². The van der Waals surface area contributed by atoms with Gasteiger partial charge in [-0.25, -0.2) is 9.59 Å². The number of ether oxygens (including phenoxy) is 2. The fourth-order valence-electron chi connectivity index (χ4n) is 3.14. The van der Waals surface area contributed by atoms with Gasteiger partial charge in [-0.15, -0.1) is 16.8 Å². The van der Waals surface area contributed by atoms with Crippen molar-refractivity contribution in [1.29, 1.82) is 0 Å². The van der Waals surface area contributed by atoms with Crippen molar-refractivity contribution in [2.75, 3.05) is 25.3 Å². The maximum absolute atomic E-state index is 12.7. The third kappa shape index (κ3) is 6.10. The number of allylic oxidation sites excluding steroid dienone is 1. The fraction of sp³-hybridized carbons (Fsp3) is 0.208. The molecule has 0 spiro atoms. The van der Waals surface area contributed by atoms with Crippen LogP contribution in [0.15, 0.2) is 66.3 Å². The summed E-state index contributed by atoms with van der Waals surface area (Å²) < 4.78 is 11.4. The van der Waals surface area contributed by atoms with E-state index in [0.717, 1.165) is 11.4 Å². The van der Waals surface area contributed by atoms with Gasteiger partial charge >= 0.3 is 11.9 Å². The Hall–Kier alpha value is -3.92. The number of rotatable bonds is 10. The van der Waals surface area contributed by atoms with Gasteiger partial charge in [0.25, 0.3) is 0 Å². The van der Waals surface area contributed by atoms with E-state index in [-0.39, 0.29) is 22.6 Å². The molecule has 0 unspecified atom stereocenters. The van der Waals surface area contributed by atoms with Crippen LogP contribution in [0.2, 0.25) is 0 Å². The fourth-order valence-corrected chi connectivity index (χ4v) is 3.91. The maximum atomic E-state index is 12.7. The van der Waals surface area contributed by atoms with Crippen LogP contribution in [0.5, 0.6) is 0 Å². The number of hydrogen-bond acceptors (Lipinski definition) is 8. The summed E-state index contributed by atoms with van der Waals surface area (Å²) >= 11 is 1.20. The van der Waals surface area contributed by atoms with Crippen LogP contribution in [0, 0.1) is 0 Å². The molecule has 3 aromatic rings. The molecule has 1 amide bonds. The first-order valence-corrected chi connectivity index (χ1v) is 11.3. The minimum atomic E-state index is -0.643. The molecule has 0 atom stereocenters. The number of nitrogens with zero attached hydrogens (tertiary/aromatic N) is 3. The molecule has 0 bridgehead atoms. The number of anilines is 1. The van der Waals surface area contributed by atoms with Crippen LogP contribution < -0.4 is 5.32 Å². The van der Waals surface area contributed by atoms with Gasteiger partial charge in [0.1, 0.15) is 5.82 Å². The molecule has 9 nitrogen and oxygen atoms in total. The molecular formula is C24H24N4O5S. The lowest BCUT2D eigenvalue weighted by atomic mass is 10.1. The second kappa shape index (κ2) is 11.8. The van der Waals surface area contributed by atoms with E-state index in [4.69, 9.17) is 9.47 Å². The third-order valence-electron chi connectivity index (χ3n) is 4.76. The van der Waals surface area contributed by atoms with Crippen LogP contribution >= 0.6 is 11.8 Å². The number of amides is 1. The second-order valence-corrected chi connectivity index (χ2v) is 7.98. The average molecular weight is 481 g/mol. The zero-order valence-electron chi connectivity index (χ0n) is 18.8. The van der Waals surface area contributed by atoms with Crippen LogP contribution in [0.1, 0.15) is 32.1 Å². The number of nitrogens with one attached hydrogen (secondary N) is 1. The van der Waals surface area contributed by atoms with E-state index in [2.05, 4.69) is 22.1 Å². The van der Waals surface area contributed by atoms with Crippen molar-refractivity contribution >= 4 is 35.3 Å². The molecule has 2 aromatic carbocycles. The Morgan fingerprint density at radius 3 is 2.47 bits per heavy atom. The lowest BCUT2D eigenvalue weighted by molar-refractivity contribution is -0.113. The molecule has 0 aliphatic rings. The molecule has 0 radical (unpaired) electrons. The van der Waals surface area contributed by atoms with Gasteiger partial charge in [-0.05, 0) is 23.8 Å². The Kier molecular flexibility index (Phi) is 8.58. The van der Waals surface area contributed by atoms with Crippen molar-refractivity contribution in [3.63, 3.8) is 0 Å². The van der Waals surface area contributed by atoms with E-state index in [0.29, 0.717) is 18.1 Å². The SMILES string of the molecule is C=CCn1c(Cc2ccccc2)nnc1SCC(=O)Nc1cc(C(=O)OC)ccc1C(=O)OC. The van der Waals surface area contributed by atoms with Gasteiger partial charge in [0, 0.05) is 13.0 Å². The smallest absolute Gasteiger partial charge is 0.339 e. The quantitative estimate of drug-likeness (QED) is 0.267. The third-order valence-corrected chi connectivity index (χ3v) is 5.73. The summed E-state index contributed by atoms with van der Waals surface area (Å²) in [4.78, 5) is 36.6. The first-order valence-electron chi connectivity index (χ1n) is 10.3. The van der Waals surface area contributed by atoms with Crippen molar-refractivity contribution in [3.8, 4) is 0 Å². The van der Waals surface area contributed by atoms with Crippen LogP contribution in [-0.2, 0) is 27.2 Å². The highest BCUT2D eigenvalue weighted by Gasteiger charge is 2.19. The Labute approximate surface area is 201 Å². The minimum absolute atomic E-state index is 0.00365. The zero-order valence-corrected chi connectivity index (χ0v) is 19.6. The van der Waals surface area contributed by atoms with Gasteiger partial charge in [-0.2, -0.15) is 0 Å². The average Bonchev–Trinajstić information content (AvgIpc) is 3.23. The van der Waals surface area contributed by atoms with Gasteiger partial charge in [-0.1, -0.05) is 48.2 Å². The first kappa shape index (κ1) is 24.7. The highest BCUT2D eigenvalue weighted by molar-refractivity contribution is 7.99. The summed E-state index contributed by atoms with van der Waals surface area (Å²) in [6.45, 7) is 4.29. The lowest BCUT2D eigenvalue weighted by Gasteiger charge is -2.12. The van der Waals surface area contributed by atoms with Crippen molar-refractivity contribution in [2.45, 2.75) is 18.1 Å². The number of aromatic nitrogens is 3. The highest BCUT2D eigenvalue weighted by Crippen LogP contribution is 2.22. The van der Waals surface area contributed by atoms with E-state index in [1.54, 1.807) is 6.08 Å². The van der Waals surface area contributed by atoms with Gasteiger partial charge in [-0.3, -0.25) is 4.79 Å². The van der Waals surface area contributed by atoms with Crippen LogP contribution in [0.25, 0.3) is 0 Å². The van der Waals surface area contributed by atoms with Crippen LogP contribution in [0.4, 0.5) is 5.69 Å². The Bertz CT molecular complexity index is 1190. The number of esters is 2. The van der Waals surface area contributed by atoms with Gasteiger partial charge in [0.15, 0.2) is 5.16 Å². The zero-order chi connectivity index (χ0) is 24.5. The Morgan fingerprint density at radius 1 is 1.06 bits per heavy atom. The monoisotopic (exact) mass is 480 g/mol. The Morgan fingerprint density at radius 2 is 1.79 bits per heavy atom. The van der Waals surface area contributed by atoms with E-state index in [1.807, 2.05) is 34.9 Å². The predicted molar refractivity (Wildman–Crippen MR) is 128 cm³/mol. The number of thioether (sulfide) groups is 1. The summed E-state index contributed by atoms with van der Waals surface area (Å²) in [6.07, 6.45) is 2.33. The van der Waals surface area contributed by atoms with Crippen molar-refractivity contribution in [2.24, 2.45) is 0 Å². The van der Waals surface area contributed by atoms with Gasteiger partial charge in [0.2, 0.25) is 5.91 Å². The lowest BCUT2D eigenvalue weighted by Crippen LogP contribution is -2.18. The molecule has 176 valence electrons. The molecular weight excluding hydrogens is 456 g/mol. The van der Waals surface area contributed by atoms with Gasteiger partial charge < -0.3 is 19.4 Å².